The van der Waals surface area contributed by atoms with E-state index in [0.29, 0.717) is 35.8 Å². The monoisotopic (exact) mass is 293 g/mol. The number of nitrogen functional groups attached to an aromatic ring is 1. The van der Waals surface area contributed by atoms with Gasteiger partial charge in [0.1, 0.15) is 5.82 Å². The van der Waals surface area contributed by atoms with Gasteiger partial charge < -0.3 is 10.5 Å². The van der Waals surface area contributed by atoms with Crippen LogP contribution in [0.2, 0.25) is 0 Å². The van der Waals surface area contributed by atoms with Gasteiger partial charge in [0.2, 0.25) is 0 Å². The smallest absolute Gasteiger partial charge is 0.182 e. The van der Waals surface area contributed by atoms with E-state index < -0.39 is 0 Å². The first-order valence-corrected chi connectivity index (χ1v) is 7.03. The Morgan fingerprint density at radius 1 is 1.33 bits per heavy atom. The second kappa shape index (κ2) is 7.12. The molecule has 0 saturated heterocycles. The first-order valence-electron chi connectivity index (χ1n) is 7.03. The summed E-state index contributed by atoms with van der Waals surface area (Å²) in [4.78, 5) is 0. The molecule has 114 valence electrons. The topological polar surface area (TPSA) is 78.8 Å². The zero-order valence-corrected chi connectivity index (χ0v) is 12.3. The van der Waals surface area contributed by atoms with Crippen LogP contribution in [0.15, 0.2) is 12.1 Å². The highest BCUT2D eigenvalue weighted by Gasteiger charge is 2.12. The Balaban J connectivity index is 2.09. The zero-order chi connectivity index (χ0) is 15.2. The number of ether oxygens (including phenoxy) is 1. The van der Waals surface area contributed by atoms with E-state index in [1.165, 1.54) is 6.07 Å². The van der Waals surface area contributed by atoms with Crippen molar-refractivity contribution in [3.63, 3.8) is 0 Å². The average molecular weight is 293 g/mol. The number of unbranched alkanes of at least 4 members (excludes halogenated alkanes) is 1. The van der Waals surface area contributed by atoms with Gasteiger partial charge in [0.15, 0.2) is 5.82 Å². The fraction of sp³-hybridized carbons (Fsp3) is 0.500. The number of hydrogen-bond donors (Lipinski definition) is 1. The average Bonchev–Trinajstić information content (AvgIpc) is 2.92. The van der Waals surface area contributed by atoms with Crippen LogP contribution in [0.25, 0.3) is 11.4 Å². The molecule has 21 heavy (non-hydrogen) atoms. The van der Waals surface area contributed by atoms with E-state index in [4.69, 9.17) is 10.5 Å². The van der Waals surface area contributed by atoms with E-state index in [1.54, 1.807) is 17.7 Å². The fourth-order valence-electron chi connectivity index (χ4n) is 1.89. The van der Waals surface area contributed by atoms with Crippen LogP contribution in [0.1, 0.15) is 25.3 Å². The number of aromatic nitrogens is 4. The second-order valence-corrected chi connectivity index (χ2v) is 4.86. The normalized spacial score (nSPS) is 11.0. The van der Waals surface area contributed by atoms with Gasteiger partial charge in [0, 0.05) is 23.4 Å². The molecule has 0 fully saturated rings. The van der Waals surface area contributed by atoms with Crippen LogP contribution in [0, 0.1) is 12.7 Å². The van der Waals surface area contributed by atoms with Crippen molar-refractivity contribution >= 4 is 5.69 Å². The van der Waals surface area contributed by atoms with E-state index in [2.05, 4.69) is 22.4 Å². The Morgan fingerprint density at radius 3 is 2.86 bits per heavy atom. The van der Waals surface area contributed by atoms with Crippen molar-refractivity contribution < 1.29 is 9.13 Å². The summed E-state index contributed by atoms with van der Waals surface area (Å²) >= 11 is 0. The van der Waals surface area contributed by atoms with Gasteiger partial charge in [0.25, 0.3) is 0 Å². The molecule has 1 aromatic heterocycles. The Labute approximate surface area is 123 Å². The molecule has 0 aliphatic rings. The minimum Gasteiger partial charge on any atom is -0.398 e. The Kier molecular flexibility index (Phi) is 5.21. The number of benzene rings is 1. The molecular weight excluding hydrogens is 273 g/mol. The van der Waals surface area contributed by atoms with Crippen LogP contribution in [-0.2, 0) is 11.3 Å². The molecule has 0 aliphatic heterocycles. The molecule has 0 amide bonds. The lowest BCUT2D eigenvalue weighted by Gasteiger charge is -2.08. The van der Waals surface area contributed by atoms with Crippen LogP contribution < -0.4 is 5.73 Å². The van der Waals surface area contributed by atoms with Crippen LogP contribution in [-0.4, -0.2) is 33.4 Å². The van der Waals surface area contributed by atoms with E-state index >= 15 is 0 Å². The van der Waals surface area contributed by atoms with Crippen molar-refractivity contribution in [2.45, 2.75) is 33.2 Å². The highest BCUT2D eigenvalue weighted by atomic mass is 19.1. The largest absolute Gasteiger partial charge is 0.398 e. The van der Waals surface area contributed by atoms with Gasteiger partial charge >= 0.3 is 0 Å². The minimum absolute atomic E-state index is 0.362. The van der Waals surface area contributed by atoms with Crippen molar-refractivity contribution in [2.75, 3.05) is 18.9 Å². The zero-order valence-electron chi connectivity index (χ0n) is 12.3. The summed E-state index contributed by atoms with van der Waals surface area (Å²) in [6.45, 7) is 5.50. The first-order chi connectivity index (χ1) is 10.1. The molecule has 0 saturated carbocycles. The van der Waals surface area contributed by atoms with Crippen LogP contribution in [0.4, 0.5) is 10.1 Å². The molecular formula is C14H20FN5O. The highest BCUT2D eigenvalue weighted by Crippen LogP contribution is 2.24. The number of hydrogen-bond acceptors (Lipinski definition) is 5. The maximum absolute atomic E-state index is 13.8. The summed E-state index contributed by atoms with van der Waals surface area (Å²) < 4.78 is 20.9. The predicted octanol–water partition coefficient (Wildman–Crippen LogP) is 2.19. The molecule has 2 N–H and O–H groups in total. The second-order valence-electron chi connectivity index (χ2n) is 4.86. The van der Waals surface area contributed by atoms with Crippen molar-refractivity contribution in [1.82, 2.24) is 20.2 Å². The standard InChI is InChI=1S/C14H20FN5O/c1-3-4-6-21-7-5-20-14(17-18-19-20)11-8-12(15)10(2)13(16)9-11/h8-9H,3-7,16H2,1-2H3. The lowest BCUT2D eigenvalue weighted by Crippen LogP contribution is -2.10. The van der Waals surface area contributed by atoms with Gasteiger partial charge in [0.05, 0.1) is 13.2 Å². The number of nitrogens with two attached hydrogens (primary N) is 1. The molecule has 0 unspecified atom stereocenters. The predicted molar refractivity (Wildman–Crippen MR) is 78.1 cm³/mol. The van der Waals surface area contributed by atoms with E-state index in [-0.39, 0.29) is 5.82 Å². The first kappa shape index (κ1) is 15.4. The van der Waals surface area contributed by atoms with Gasteiger partial charge in [-0.05, 0) is 35.9 Å². The maximum atomic E-state index is 13.8. The number of nitrogens with zero attached hydrogens (tertiary/aromatic N) is 4. The Hall–Kier alpha value is -2.02. The minimum atomic E-state index is -0.362. The molecule has 2 aromatic rings. The van der Waals surface area contributed by atoms with Gasteiger partial charge in [-0.25, -0.2) is 9.07 Å². The summed E-state index contributed by atoms with van der Waals surface area (Å²) in [7, 11) is 0. The fourth-order valence-corrected chi connectivity index (χ4v) is 1.89. The summed E-state index contributed by atoms with van der Waals surface area (Å²) in [6.07, 6.45) is 2.13. The number of halogens is 1. The van der Waals surface area contributed by atoms with Crippen LogP contribution >= 0.6 is 0 Å². The van der Waals surface area contributed by atoms with Gasteiger partial charge in [-0.1, -0.05) is 13.3 Å². The molecule has 2 rings (SSSR count). The Morgan fingerprint density at radius 2 is 2.14 bits per heavy atom. The Bertz CT molecular complexity index is 576. The molecule has 0 atom stereocenters. The van der Waals surface area contributed by atoms with Crippen LogP contribution in [0.3, 0.4) is 0 Å². The van der Waals surface area contributed by atoms with Gasteiger partial charge in [-0.15, -0.1) is 5.10 Å². The quantitative estimate of drug-likeness (QED) is 0.625. The highest BCUT2D eigenvalue weighted by molar-refractivity contribution is 5.63. The van der Waals surface area contributed by atoms with E-state index in [0.717, 1.165) is 19.4 Å². The van der Waals surface area contributed by atoms with Crippen molar-refractivity contribution in [2.24, 2.45) is 0 Å². The third kappa shape index (κ3) is 3.75. The van der Waals surface area contributed by atoms with Gasteiger partial charge in [-0.3, -0.25) is 0 Å². The van der Waals surface area contributed by atoms with Crippen LogP contribution in [0.5, 0.6) is 0 Å². The summed E-state index contributed by atoms with van der Waals surface area (Å²) in [5, 5.41) is 11.5. The summed E-state index contributed by atoms with van der Waals surface area (Å²) in [6, 6.07) is 3.07. The number of rotatable bonds is 7. The molecule has 0 spiro atoms. The third-order valence-electron chi connectivity index (χ3n) is 3.26. The van der Waals surface area contributed by atoms with Crippen molar-refractivity contribution in [1.29, 1.82) is 0 Å². The number of anilines is 1. The molecule has 0 radical (unpaired) electrons. The lowest BCUT2D eigenvalue weighted by molar-refractivity contribution is 0.121. The third-order valence-corrected chi connectivity index (χ3v) is 3.26. The van der Waals surface area contributed by atoms with Gasteiger partial charge in [-0.2, -0.15) is 0 Å². The molecule has 6 nitrogen and oxygen atoms in total. The van der Waals surface area contributed by atoms with Crippen molar-refractivity contribution in [3.05, 3.63) is 23.5 Å². The van der Waals surface area contributed by atoms with E-state index in [1.807, 2.05) is 0 Å². The molecule has 0 bridgehead atoms. The molecule has 0 aliphatic carbocycles. The SMILES string of the molecule is CCCCOCCn1nnnc1-c1cc(N)c(C)c(F)c1. The molecule has 7 heteroatoms. The lowest BCUT2D eigenvalue weighted by atomic mass is 10.1. The number of tetrazole rings is 1. The maximum Gasteiger partial charge on any atom is 0.182 e. The molecule has 1 aromatic carbocycles. The summed E-state index contributed by atoms with van der Waals surface area (Å²) in [5.74, 6) is 0.124. The molecule has 1 heterocycles. The van der Waals surface area contributed by atoms with E-state index in [9.17, 15) is 4.39 Å². The van der Waals surface area contributed by atoms with Crippen molar-refractivity contribution in [3.8, 4) is 11.4 Å². The summed E-state index contributed by atoms with van der Waals surface area (Å²) in [5.41, 5.74) is 7.17.